The monoisotopic (exact) mass is 1030 g/mol. The number of piperidine rings is 1. The number of esters is 1. The summed E-state index contributed by atoms with van der Waals surface area (Å²) in [7, 11) is 4.52. The molecule has 1 saturated carbocycles. The van der Waals surface area contributed by atoms with E-state index in [0.29, 0.717) is 75.7 Å². The first-order valence-electron chi connectivity index (χ1n) is 26.3. The van der Waals surface area contributed by atoms with Crippen LogP contribution in [0.2, 0.25) is 0 Å². The number of aliphatic carboxylic acids is 1. The molecule has 0 spiro atoms. The molecule has 3 fully saturated rings. The molecule has 17 heteroatoms. The van der Waals surface area contributed by atoms with Crippen molar-refractivity contribution in [1.82, 2.24) is 4.90 Å². The molecule has 14 unspecified atom stereocenters. The summed E-state index contributed by atoms with van der Waals surface area (Å²) in [5.74, 6) is -7.68. The number of ketones is 3. The lowest BCUT2D eigenvalue weighted by Gasteiger charge is -2.42. The number of carbonyl (C=O) groups is 6. The zero-order chi connectivity index (χ0) is 54.8. The van der Waals surface area contributed by atoms with E-state index < -0.39 is 102 Å². The van der Waals surface area contributed by atoms with Gasteiger partial charge < -0.3 is 54.1 Å². The highest BCUT2D eigenvalue weighted by Gasteiger charge is 2.53. The molecule has 2 aliphatic heterocycles. The van der Waals surface area contributed by atoms with Crippen LogP contribution in [0.5, 0.6) is 0 Å². The number of nitrogens with zero attached hydrogens (tertiary/aromatic N) is 1. The Morgan fingerprint density at radius 1 is 0.863 bits per heavy atom. The van der Waals surface area contributed by atoms with Gasteiger partial charge in [-0.1, -0.05) is 71.1 Å². The molecule has 1 amide bonds. The fourth-order valence-corrected chi connectivity index (χ4v) is 10.4. The van der Waals surface area contributed by atoms with Crippen molar-refractivity contribution < 1.29 is 78.0 Å². The van der Waals surface area contributed by atoms with Gasteiger partial charge >= 0.3 is 11.9 Å². The van der Waals surface area contributed by atoms with E-state index in [4.69, 9.17) is 23.7 Å². The summed E-state index contributed by atoms with van der Waals surface area (Å²) < 4.78 is 28.6. The molecule has 0 aromatic carbocycles. The molecule has 2 heterocycles. The Morgan fingerprint density at radius 2 is 1.55 bits per heavy atom. The Bertz CT molecular complexity index is 1960. The molecule has 17 nitrogen and oxygen atoms in total. The molecule has 73 heavy (non-hydrogen) atoms. The topological polar surface area (TPSA) is 253 Å². The van der Waals surface area contributed by atoms with Crippen molar-refractivity contribution in [1.29, 1.82) is 0 Å². The second-order valence-corrected chi connectivity index (χ2v) is 21.7. The maximum absolute atomic E-state index is 13.6. The van der Waals surface area contributed by atoms with Crippen LogP contribution in [0.25, 0.3) is 0 Å². The minimum Gasteiger partial charge on any atom is -0.480 e. The highest BCUT2D eigenvalue weighted by Crippen LogP contribution is 2.38. The minimum absolute atomic E-state index is 0.00133. The highest BCUT2D eigenvalue weighted by atomic mass is 16.6. The van der Waals surface area contributed by atoms with Gasteiger partial charge in [0.2, 0.25) is 5.79 Å². The molecule has 14 atom stereocenters. The summed E-state index contributed by atoms with van der Waals surface area (Å²) in [6.45, 7) is 13.5. The lowest BCUT2D eigenvalue weighted by Crippen LogP contribution is -2.60. The van der Waals surface area contributed by atoms with E-state index in [0.717, 1.165) is 23.3 Å². The maximum Gasteiger partial charge on any atom is 0.326 e. The molecule has 3 rings (SSSR count). The molecule has 5 N–H and O–H groups in total. The predicted octanol–water partition coefficient (Wildman–Crippen LogP) is 6.27. The fourth-order valence-electron chi connectivity index (χ4n) is 10.4. The molecule has 3 aliphatic rings. The predicted molar refractivity (Wildman–Crippen MR) is 274 cm³/mol. The van der Waals surface area contributed by atoms with Gasteiger partial charge in [0.1, 0.15) is 35.6 Å². The smallest absolute Gasteiger partial charge is 0.326 e. The molecular formula is C56H89NO16. The summed E-state index contributed by atoms with van der Waals surface area (Å²) in [4.78, 5) is 79.1. The van der Waals surface area contributed by atoms with Crippen molar-refractivity contribution in [2.24, 2.45) is 40.9 Å². The number of carboxylic acid groups (broad SMARTS) is 1. The number of hydrogen-bond donors (Lipinski definition) is 5. The van der Waals surface area contributed by atoms with Gasteiger partial charge in [-0.3, -0.25) is 24.0 Å². The van der Waals surface area contributed by atoms with E-state index in [1.54, 1.807) is 41.1 Å². The number of aliphatic hydroxyl groups is 4. The van der Waals surface area contributed by atoms with E-state index in [1.807, 2.05) is 51.2 Å². The number of carboxylic acids is 1. The first-order valence-corrected chi connectivity index (χ1v) is 26.3. The SMILES string of the molecule is COC(CC1CCC(C)C(O)(C(=O)C(=O)N2CCCCC2C(=O)O)O1)C(C)=CC=CC=CC(C)CC(C)C(=O)C(OC)C(O)C(C)=CC(C)C(=O)CCC(C)CC1CCC(OC(=O)C(C)(CO)CO)C(OC)C1. The number of rotatable bonds is 29. The average molecular weight is 1030 g/mol. The number of methoxy groups -OCH3 is 3. The van der Waals surface area contributed by atoms with Crippen molar-refractivity contribution in [3.8, 4) is 0 Å². The summed E-state index contributed by atoms with van der Waals surface area (Å²) >= 11 is 0. The van der Waals surface area contributed by atoms with E-state index in [9.17, 15) is 54.3 Å². The zero-order valence-electron chi connectivity index (χ0n) is 45.5. The van der Waals surface area contributed by atoms with Gasteiger partial charge in [0.15, 0.2) is 5.78 Å². The Kier molecular flexibility index (Phi) is 26.0. The number of likely N-dealkylation sites (tertiary alicyclic amines) is 1. The number of hydrogen-bond acceptors (Lipinski definition) is 15. The number of allylic oxidation sites excluding steroid dienone is 6. The minimum atomic E-state index is -2.39. The van der Waals surface area contributed by atoms with Crippen LogP contribution < -0.4 is 0 Å². The molecule has 2 saturated heterocycles. The van der Waals surface area contributed by atoms with Crippen molar-refractivity contribution in [3.63, 3.8) is 0 Å². The Balaban J connectivity index is 1.48. The Morgan fingerprint density at radius 3 is 2.16 bits per heavy atom. The van der Waals surface area contributed by atoms with Crippen LogP contribution in [-0.2, 0) is 52.5 Å². The lowest BCUT2D eigenvalue weighted by atomic mass is 9.79. The van der Waals surface area contributed by atoms with Gasteiger partial charge in [-0.2, -0.15) is 0 Å². The van der Waals surface area contributed by atoms with Crippen LogP contribution in [0.1, 0.15) is 139 Å². The van der Waals surface area contributed by atoms with Crippen molar-refractivity contribution in [3.05, 3.63) is 47.6 Å². The van der Waals surface area contributed by atoms with Crippen molar-refractivity contribution in [2.45, 2.75) is 187 Å². The number of amides is 1. The molecule has 0 aromatic heterocycles. The largest absolute Gasteiger partial charge is 0.480 e. The second-order valence-electron chi connectivity index (χ2n) is 21.7. The number of Topliss-reactive ketones (excluding diaryl/α,β-unsaturated/α-hetero) is 3. The Hall–Kier alpha value is -3.94. The van der Waals surface area contributed by atoms with Gasteiger partial charge in [-0.05, 0) is 120 Å². The average Bonchev–Trinajstić information content (AvgIpc) is 3.37. The van der Waals surface area contributed by atoms with Gasteiger partial charge in [-0.25, -0.2) is 4.79 Å². The normalized spacial score (nSPS) is 27.5. The van der Waals surface area contributed by atoms with Crippen LogP contribution in [0.4, 0.5) is 0 Å². The van der Waals surface area contributed by atoms with E-state index in [1.165, 1.54) is 14.0 Å². The molecule has 414 valence electrons. The number of aliphatic hydroxyl groups excluding tert-OH is 3. The molecule has 0 aromatic rings. The van der Waals surface area contributed by atoms with Crippen LogP contribution >= 0.6 is 0 Å². The van der Waals surface area contributed by atoms with Crippen LogP contribution in [0, 0.1) is 40.9 Å². The first kappa shape index (κ1) is 63.4. The van der Waals surface area contributed by atoms with Gasteiger partial charge in [0.05, 0.1) is 31.5 Å². The van der Waals surface area contributed by atoms with E-state index in [2.05, 4.69) is 6.92 Å². The zero-order valence-corrected chi connectivity index (χ0v) is 45.5. The fraction of sp³-hybridized carbons (Fsp3) is 0.750. The van der Waals surface area contributed by atoms with Crippen LogP contribution in [0.15, 0.2) is 47.6 Å². The first-order chi connectivity index (χ1) is 34.4. The van der Waals surface area contributed by atoms with Crippen molar-refractivity contribution >= 4 is 35.2 Å². The van der Waals surface area contributed by atoms with Crippen LogP contribution in [-0.4, -0.2) is 155 Å². The third-order valence-corrected chi connectivity index (χ3v) is 15.5. The number of carbonyl (C=O) groups excluding carboxylic acids is 5. The van der Waals surface area contributed by atoms with E-state index >= 15 is 0 Å². The number of ether oxygens (including phenoxy) is 5. The van der Waals surface area contributed by atoms with E-state index in [-0.39, 0.29) is 42.5 Å². The van der Waals surface area contributed by atoms with Gasteiger partial charge in [0.25, 0.3) is 11.7 Å². The summed E-state index contributed by atoms with van der Waals surface area (Å²) in [5.41, 5.74) is -0.0426. The summed E-state index contributed by atoms with van der Waals surface area (Å²) in [6, 6.07) is -1.12. The highest BCUT2D eigenvalue weighted by molar-refractivity contribution is 6.39. The van der Waals surface area contributed by atoms with Crippen LogP contribution in [0.3, 0.4) is 0 Å². The quantitative estimate of drug-likeness (QED) is 0.0240. The second kappa shape index (κ2) is 30.0. The third kappa shape index (κ3) is 17.8. The van der Waals surface area contributed by atoms with Gasteiger partial charge in [-0.15, -0.1) is 0 Å². The maximum atomic E-state index is 13.6. The van der Waals surface area contributed by atoms with Gasteiger partial charge in [0, 0.05) is 58.5 Å². The molecular weight excluding hydrogens is 943 g/mol. The standard InChI is InChI=1S/C56H89NO16/c1-34(17-13-12-14-18-36(3)46(69-9)31-42-23-21-40(7)56(68,73-42)51(63)52(64)57-26-16-15-19-43(57)53(65)66)27-38(5)48(61)50(71-11)49(62)39(6)29-37(4)44(60)24-20-35(2)28-41-22-25-45(47(30-41)70-10)72-54(67)55(8,32-58)33-59/h12-14,17-18,29,34-35,37-38,40-43,45-47,49-50,58-59,62,68H,15-16,19-28,30-33H2,1-11H3,(H,65,66). The Labute approximate surface area is 433 Å². The van der Waals surface area contributed by atoms with Crippen molar-refractivity contribution in [2.75, 3.05) is 41.1 Å². The lowest BCUT2D eigenvalue weighted by molar-refractivity contribution is -0.265. The molecule has 0 radical (unpaired) electrons. The third-order valence-electron chi connectivity index (χ3n) is 15.5. The summed E-state index contributed by atoms with van der Waals surface area (Å²) in [6.07, 6.45) is 14.2. The summed E-state index contributed by atoms with van der Waals surface area (Å²) in [5, 5.41) is 51.6. The molecule has 0 bridgehead atoms. The molecule has 1 aliphatic carbocycles.